The number of rotatable bonds is 6. The van der Waals surface area contributed by atoms with Gasteiger partial charge >= 0.3 is 0 Å². The summed E-state index contributed by atoms with van der Waals surface area (Å²) in [6.07, 6.45) is 3.47. The highest BCUT2D eigenvalue weighted by molar-refractivity contribution is 6.31. The van der Waals surface area contributed by atoms with E-state index in [-0.39, 0.29) is 5.91 Å². The van der Waals surface area contributed by atoms with Crippen LogP contribution in [0.4, 0.5) is 0 Å². The van der Waals surface area contributed by atoms with E-state index < -0.39 is 0 Å². The van der Waals surface area contributed by atoms with Crippen LogP contribution in [0.25, 0.3) is 6.08 Å². The number of aromatic nitrogens is 2. The molecular formula is C15H21ClN4O. The van der Waals surface area contributed by atoms with Crippen LogP contribution in [0.5, 0.6) is 0 Å². The monoisotopic (exact) mass is 308 g/mol. The van der Waals surface area contributed by atoms with E-state index in [4.69, 9.17) is 16.9 Å². The molecule has 0 bridgehead atoms. The molecule has 1 heterocycles. The van der Waals surface area contributed by atoms with Gasteiger partial charge in [0.1, 0.15) is 5.15 Å². The van der Waals surface area contributed by atoms with E-state index in [2.05, 4.69) is 18.9 Å². The number of carbonyl (C=O) groups excluding carboxylic acids is 1. The number of hydrogen-bond donors (Lipinski definition) is 0. The van der Waals surface area contributed by atoms with Gasteiger partial charge in [-0.1, -0.05) is 25.4 Å². The number of aryl methyl sites for hydroxylation is 1. The van der Waals surface area contributed by atoms with E-state index in [9.17, 15) is 4.79 Å². The van der Waals surface area contributed by atoms with Crippen LogP contribution in [-0.4, -0.2) is 34.2 Å². The van der Waals surface area contributed by atoms with Crippen molar-refractivity contribution in [3.05, 3.63) is 22.5 Å². The van der Waals surface area contributed by atoms with E-state index in [1.165, 1.54) is 11.0 Å². The zero-order chi connectivity index (χ0) is 16.0. The second-order valence-electron chi connectivity index (χ2n) is 5.37. The summed E-state index contributed by atoms with van der Waals surface area (Å²) in [7, 11) is 1.67. The molecule has 1 aromatic rings. The SMILES string of the molecule is Cc1nn(CC(C)C)c(Cl)c1/C=C/C(=O)N(C)CCC#N. The summed E-state index contributed by atoms with van der Waals surface area (Å²) in [5, 5.41) is 13.5. The lowest BCUT2D eigenvalue weighted by molar-refractivity contribution is -0.124. The van der Waals surface area contributed by atoms with Crippen molar-refractivity contribution >= 4 is 23.6 Å². The van der Waals surface area contributed by atoms with E-state index in [0.717, 1.165) is 17.8 Å². The van der Waals surface area contributed by atoms with Crippen molar-refractivity contribution in [1.82, 2.24) is 14.7 Å². The van der Waals surface area contributed by atoms with Crippen molar-refractivity contribution in [2.24, 2.45) is 5.92 Å². The lowest BCUT2D eigenvalue weighted by Crippen LogP contribution is -2.25. The molecule has 21 heavy (non-hydrogen) atoms. The van der Waals surface area contributed by atoms with Crippen molar-refractivity contribution in [2.75, 3.05) is 13.6 Å². The first-order chi connectivity index (χ1) is 9.86. The van der Waals surface area contributed by atoms with Crippen LogP contribution in [-0.2, 0) is 11.3 Å². The van der Waals surface area contributed by atoms with Gasteiger partial charge in [0.2, 0.25) is 5.91 Å². The molecule has 0 aliphatic heterocycles. The van der Waals surface area contributed by atoms with Crippen molar-refractivity contribution < 1.29 is 4.79 Å². The smallest absolute Gasteiger partial charge is 0.246 e. The first-order valence-electron chi connectivity index (χ1n) is 6.89. The lowest BCUT2D eigenvalue weighted by Gasteiger charge is -2.12. The van der Waals surface area contributed by atoms with Crippen molar-refractivity contribution in [1.29, 1.82) is 5.26 Å². The molecule has 114 valence electrons. The molecule has 1 rings (SSSR count). The number of likely N-dealkylation sites (N-methyl/N-ethyl adjacent to an activating group) is 1. The maximum atomic E-state index is 11.9. The minimum absolute atomic E-state index is 0.155. The summed E-state index contributed by atoms with van der Waals surface area (Å²) < 4.78 is 1.76. The van der Waals surface area contributed by atoms with Gasteiger partial charge in [0.25, 0.3) is 0 Å². The topological polar surface area (TPSA) is 61.9 Å². The van der Waals surface area contributed by atoms with Gasteiger partial charge in [-0.15, -0.1) is 0 Å². The molecule has 5 nitrogen and oxygen atoms in total. The molecule has 1 amide bonds. The largest absolute Gasteiger partial charge is 0.341 e. The number of nitriles is 1. The molecule has 0 saturated heterocycles. The van der Waals surface area contributed by atoms with Gasteiger partial charge in [0, 0.05) is 31.8 Å². The molecule has 6 heteroatoms. The van der Waals surface area contributed by atoms with Crippen LogP contribution in [0.15, 0.2) is 6.08 Å². The zero-order valence-corrected chi connectivity index (χ0v) is 13.7. The first-order valence-corrected chi connectivity index (χ1v) is 7.27. The molecule has 0 aliphatic rings. The number of nitrogens with zero attached hydrogens (tertiary/aromatic N) is 4. The molecule has 0 atom stereocenters. The number of amides is 1. The number of hydrogen-bond acceptors (Lipinski definition) is 3. The normalized spacial score (nSPS) is 11.1. The molecule has 0 aliphatic carbocycles. The van der Waals surface area contributed by atoms with Crippen molar-refractivity contribution in [2.45, 2.75) is 33.7 Å². The van der Waals surface area contributed by atoms with E-state index in [0.29, 0.717) is 24.0 Å². The molecule has 0 spiro atoms. The van der Waals surface area contributed by atoms with E-state index in [1.54, 1.807) is 17.8 Å². The Morgan fingerprint density at radius 2 is 2.24 bits per heavy atom. The van der Waals surface area contributed by atoms with Gasteiger partial charge in [-0.25, -0.2) is 0 Å². The van der Waals surface area contributed by atoms with Crippen LogP contribution in [0.2, 0.25) is 5.15 Å². The van der Waals surface area contributed by atoms with Gasteiger partial charge in [-0.05, 0) is 18.9 Å². The quantitative estimate of drug-likeness (QED) is 0.759. The molecule has 0 saturated carbocycles. The maximum absolute atomic E-state index is 11.9. The van der Waals surface area contributed by atoms with Crippen LogP contribution in [0.1, 0.15) is 31.5 Å². The Labute approximate surface area is 130 Å². The summed E-state index contributed by atoms with van der Waals surface area (Å²) in [5.41, 5.74) is 1.56. The van der Waals surface area contributed by atoms with Crippen molar-refractivity contribution in [3.63, 3.8) is 0 Å². The fourth-order valence-electron chi connectivity index (χ4n) is 1.83. The average molecular weight is 309 g/mol. The van der Waals surface area contributed by atoms with Crippen LogP contribution in [0.3, 0.4) is 0 Å². The molecule has 0 N–H and O–H groups in total. The van der Waals surface area contributed by atoms with E-state index in [1.807, 2.05) is 13.0 Å². The van der Waals surface area contributed by atoms with Gasteiger partial charge in [-0.2, -0.15) is 10.4 Å². The van der Waals surface area contributed by atoms with Crippen molar-refractivity contribution in [3.8, 4) is 6.07 Å². The number of halogens is 1. The van der Waals surface area contributed by atoms with Crippen LogP contribution < -0.4 is 0 Å². The number of carbonyl (C=O) groups is 1. The molecule has 0 radical (unpaired) electrons. The minimum Gasteiger partial charge on any atom is -0.341 e. The lowest BCUT2D eigenvalue weighted by atomic mass is 10.2. The zero-order valence-electron chi connectivity index (χ0n) is 12.9. The Balaban J connectivity index is 2.83. The summed E-state index contributed by atoms with van der Waals surface area (Å²) in [6, 6.07) is 2.01. The second kappa shape index (κ2) is 7.84. The van der Waals surface area contributed by atoms with Gasteiger partial charge < -0.3 is 4.90 Å². The Morgan fingerprint density at radius 3 is 2.81 bits per heavy atom. The Hall–Kier alpha value is -1.80. The maximum Gasteiger partial charge on any atom is 0.246 e. The molecule has 0 unspecified atom stereocenters. The fourth-order valence-corrected chi connectivity index (χ4v) is 2.14. The summed E-state index contributed by atoms with van der Waals surface area (Å²) in [6.45, 7) is 7.21. The Bertz CT molecular complexity index is 569. The van der Waals surface area contributed by atoms with Crippen LogP contribution >= 0.6 is 11.6 Å². The highest BCUT2D eigenvalue weighted by Gasteiger charge is 2.12. The highest BCUT2D eigenvalue weighted by atomic mass is 35.5. The van der Waals surface area contributed by atoms with Crippen LogP contribution in [0, 0.1) is 24.2 Å². The Morgan fingerprint density at radius 1 is 1.57 bits per heavy atom. The van der Waals surface area contributed by atoms with Gasteiger partial charge in [-0.3, -0.25) is 9.48 Å². The van der Waals surface area contributed by atoms with Gasteiger partial charge in [0.15, 0.2) is 0 Å². The van der Waals surface area contributed by atoms with E-state index >= 15 is 0 Å². The fraction of sp³-hybridized carbons (Fsp3) is 0.533. The summed E-state index contributed by atoms with van der Waals surface area (Å²) >= 11 is 6.30. The molecular weight excluding hydrogens is 288 g/mol. The minimum atomic E-state index is -0.155. The first kappa shape index (κ1) is 17.3. The highest BCUT2D eigenvalue weighted by Crippen LogP contribution is 2.22. The summed E-state index contributed by atoms with van der Waals surface area (Å²) in [4.78, 5) is 13.4. The molecule has 1 aromatic heterocycles. The average Bonchev–Trinajstić information content (AvgIpc) is 2.67. The third kappa shape index (κ3) is 4.91. The molecule has 0 fully saturated rings. The third-order valence-electron chi connectivity index (χ3n) is 2.98. The van der Waals surface area contributed by atoms with Gasteiger partial charge in [0.05, 0.1) is 18.2 Å². The Kier molecular flexibility index (Phi) is 6.44. The second-order valence-corrected chi connectivity index (χ2v) is 5.73. The molecule has 0 aromatic carbocycles. The third-order valence-corrected chi connectivity index (χ3v) is 3.37. The predicted molar refractivity (Wildman–Crippen MR) is 83.7 cm³/mol. The predicted octanol–water partition coefficient (Wildman–Crippen LogP) is 2.89. The standard InChI is InChI=1S/C15H21ClN4O/c1-11(2)10-20-15(16)13(12(3)18-20)6-7-14(21)19(4)9-5-8-17/h6-7,11H,5,9-10H2,1-4H3/b7-6+. The summed E-state index contributed by atoms with van der Waals surface area (Å²) in [5.74, 6) is 0.287.